The van der Waals surface area contributed by atoms with Crippen LogP contribution >= 0.6 is 23.2 Å². The van der Waals surface area contributed by atoms with Crippen molar-refractivity contribution in [2.45, 2.75) is 44.4 Å². The van der Waals surface area contributed by atoms with E-state index < -0.39 is 16.9 Å². The zero-order chi connectivity index (χ0) is 21.8. The summed E-state index contributed by atoms with van der Waals surface area (Å²) in [6, 6.07) is 5.05. The van der Waals surface area contributed by atoms with Crippen molar-refractivity contribution in [1.29, 1.82) is 0 Å². The molecule has 0 amide bonds. The maximum atomic E-state index is 13.2. The normalized spacial score (nSPS) is 21.5. The number of hydrogen-bond donors (Lipinski definition) is 2. The fraction of sp³-hybridized carbons (Fsp3) is 0.450. The van der Waals surface area contributed by atoms with Crippen LogP contribution in [-0.2, 0) is 20.6 Å². The largest absolute Gasteiger partial charge is 0.390 e. The first-order chi connectivity index (χ1) is 14.1. The van der Waals surface area contributed by atoms with Gasteiger partial charge in [-0.3, -0.25) is 13.9 Å². The van der Waals surface area contributed by atoms with Gasteiger partial charge in [0.2, 0.25) is 5.95 Å². The van der Waals surface area contributed by atoms with Crippen molar-refractivity contribution in [2.75, 3.05) is 5.32 Å². The van der Waals surface area contributed by atoms with Crippen LogP contribution in [0.15, 0.2) is 27.8 Å². The van der Waals surface area contributed by atoms with Crippen LogP contribution in [0.3, 0.4) is 0 Å². The molecule has 2 heterocycles. The first kappa shape index (κ1) is 21.0. The van der Waals surface area contributed by atoms with E-state index in [0.717, 1.165) is 11.0 Å². The monoisotopic (exact) mass is 451 g/mol. The molecule has 1 saturated carbocycles. The van der Waals surface area contributed by atoms with Crippen molar-refractivity contribution in [3.05, 3.63) is 54.6 Å². The Bertz CT molecular complexity index is 1260. The van der Waals surface area contributed by atoms with Crippen LogP contribution in [0.2, 0.25) is 10.0 Å². The number of aryl methyl sites for hydroxylation is 2. The number of nitrogens with zero attached hydrogens (tertiary/aromatic N) is 4. The van der Waals surface area contributed by atoms with Gasteiger partial charge < -0.3 is 15.0 Å². The van der Waals surface area contributed by atoms with Crippen LogP contribution in [0.5, 0.6) is 0 Å². The van der Waals surface area contributed by atoms with E-state index >= 15 is 0 Å². The third-order valence-corrected chi connectivity index (χ3v) is 6.47. The number of hydrogen-bond acceptors (Lipinski definition) is 5. The summed E-state index contributed by atoms with van der Waals surface area (Å²) in [7, 11) is 3.33. The van der Waals surface area contributed by atoms with E-state index in [2.05, 4.69) is 10.3 Å². The summed E-state index contributed by atoms with van der Waals surface area (Å²) in [5, 5.41) is 14.3. The number of nitrogens with one attached hydrogen (secondary N) is 1. The molecule has 4 rings (SSSR count). The third kappa shape index (κ3) is 3.64. The molecule has 2 unspecified atom stereocenters. The minimum Gasteiger partial charge on any atom is -0.390 e. The van der Waals surface area contributed by atoms with E-state index in [0.29, 0.717) is 45.6 Å². The molecule has 30 heavy (non-hydrogen) atoms. The van der Waals surface area contributed by atoms with E-state index in [1.54, 1.807) is 36.9 Å². The zero-order valence-electron chi connectivity index (χ0n) is 16.9. The average molecular weight is 452 g/mol. The summed E-state index contributed by atoms with van der Waals surface area (Å²) >= 11 is 12.0. The second-order valence-electron chi connectivity index (χ2n) is 8.23. The highest BCUT2D eigenvalue weighted by Crippen LogP contribution is 2.31. The molecule has 160 valence electrons. The fourth-order valence-electron chi connectivity index (χ4n) is 4.06. The summed E-state index contributed by atoms with van der Waals surface area (Å²) < 4.78 is 4.19. The molecule has 2 atom stereocenters. The van der Waals surface area contributed by atoms with E-state index in [1.165, 1.54) is 4.57 Å². The van der Waals surface area contributed by atoms with Gasteiger partial charge in [0.1, 0.15) is 0 Å². The lowest BCUT2D eigenvalue weighted by Crippen LogP contribution is -2.39. The lowest BCUT2D eigenvalue weighted by Gasteiger charge is -2.17. The second-order valence-corrected chi connectivity index (χ2v) is 9.04. The molecule has 3 aromatic rings. The quantitative estimate of drug-likeness (QED) is 0.635. The van der Waals surface area contributed by atoms with Crippen LogP contribution < -0.4 is 16.6 Å². The topological polar surface area (TPSA) is 94.1 Å². The van der Waals surface area contributed by atoms with Gasteiger partial charge in [-0.1, -0.05) is 29.3 Å². The fourth-order valence-corrected chi connectivity index (χ4v) is 4.38. The van der Waals surface area contributed by atoms with Gasteiger partial charge in [-0.15, -0.1) is 0 Å². The minimum absolute atomic E-state index is 0.0472. The Morgan fingerprint density at radius 3 is 2.60 bits per heavy atom. The highest BCUT2D eigenvalue weighted by Gasteiger charge is 2.33. The molecule has 0 bridgehead atoms. The molecule has 0 spiro atoms. The Morgan fingerprint density at radius 1 is 1.23 bits per heavy atom. The van der Waals surface area contributed by atoms with Gasteiger partial charge in [-0.05, 0) is 43.9 Å². The molecule has 8 nitrogen and oxygen atoms in total. The predicted molar refractivity (Wildman–Crippen MR) is 118 cm³/mol. The number of benzene rings is 1. The number of aliphatic hydroxyl groups is 1. The van der Waals surface area contributed by atoms with Crippen molar-refractivity contribution in [2.24, 2.45) is 14.1 Å². The Labute approximate surface area is 182 Å². The molecule has 1 aliphatic rings. The first-order valence-electron chi connectivity index (χ1n) is 9.66. The first-order valence-corrected chi connectivity index (χ1v) is 10.4. The van der Waals surface area contributed by atoms with Gasteiger partial charge in [0.05, 0.1) is 22.2 Å². The number of imidazole rings is 1. The van der Waals surface area contributed by atoms with Gasteiger partial charge in [0.15, 0.2) is 11.2 Å². The van der Waals surface area contributed by atoms with Gasteiger partial charge in [0, 0.05) is 20.1 Å². The molecule has 0 aliphatic heterocycles. The maximum absolute atomic E-state index is 13.2. The van der Waals surface area contributed by atoms with Crippen LogP contribution in [-0.4, -0.2) is 35.4 Å². The summed E-state index contributed by atoms with van der Waals surface area (Å²) in [6.45, 7) is 1.88. The van der Waals surface area contributed by atoms with Gasteiger partial charge in [-0.2, -0.15) is 4.98 Å². The van der Waals surface area contributed by atoms with Crippen molar-refractivity contribution in [1.82, 2.24) is 18.7 Å². The molecule has 1 aliphatic carbocycles. The third-order valence-electron chi connectivity index (χ3n) is 5.74. The van der Waals surface area contributed by atoms with Gasteiger partial charge in [-0.25, -0.2) is 4.79 Å². The van der Waals surface area contributed by atoms with Gasteiger partial charge in [0.25, 0.3) is 5.56 Å². The van der Waals surface area contributed by atoms with E-state index in [-0.39, 0.29) is 12.6 Å². The standard InChI is InChI=1S/C20H23Cl2N5O3/c1-20(30)7-6-12(9-20)23-18-24-16-15(25(18)2)17(28)27(19(29)26(16)3)10-11-4-5-13(21)14(22)8-11/h4-5,8,12,30H,6-7,9-10H2,1-3H3,(H,23,24). The summed E-state index contributed by atoms with van der Waals surface area (Å²) in [6.07, 6.45) is 2.09. The molecule has 1 aromatic carbocycles. The molecular weight excluding hydrogens is 429 g/mol. The molecule has 0 saturated heterocycles. The number of anilines is 1. The number of rotatable bonds is 4. The van der Waals surface area contributed by atoms with E-state index in [1.807, 2.05) is 6.92 Å². The smallest absolute Gasteiger partial charge is 0.332 e. The summed E-state index contributed by atoms with van der Waals surface area (Å²) in [5.74, 6) is 0.493. The van der Waals surface area contributed by atoms with Crippen LogP contribution in [0.1, 0.15) is 31.7 Å². The molecule has 2 N–H and O–H groups in total. The molecule has 0 radical (unpaired) electrons. The minimum atomic E-state index is -0.707. The summed E-state index contributed by atoms with van der Waals surface area (Å²) in [4.78, 5) is 30.6. The maximum Gasteiger partial charge on any atom is 0.332 e. The highest BCUT2D eigenvalue weighted by molar-refractivity contribution is 6.42. The number of halogens is 2. The SMILES string of the molecule is Cn1c(NC2CCC(C)(O)C2)nc2c1c(=O)n(Cc1ccc(Cl)c(Cl)c1)c(=O)n2C. The summed E-state index contributed by atoms with van der Waals surface area (Å²) in [5.41, 5.74) is -0.277. The Balaban J connectivity index is 1.76. The van der Waals surface area contributed by atoms with E-state index in [4.69, 9.17) is 23.2 Å². The van der Waals surface area contributed by atoms with Crippen molar-refractivity contribution < 1.29 is 5.11 Å². The van der Waals surface area contributed by atoms with Crippen molar-refractivity contribution in [3.63, 3.8) is 0 Å². The Kier molecular flexibility index (Phi) is 5.20. The van der Waals surface area contributed by atoms with Crippen LogP contribution in [0.25, 0.3) is 11.2 Å². The molecular formula is C20H23Cl2N5O3. The Hall–Kier alpha value is -2.29. The second kappa shape index (κ2) is 7.44. The molecule has 2 aromatic heterocycles. The highest BCUT2D eigenvalue weighted by atomic mass is 35.5. The molecule has 10 heteroatoms. The lowest BCUT2D eigenvalue weighted by atomic mass is 10.1. The van der Waals surface area contributed by atoms with Crippen LogP contribution in [0.4, 0.5) is 5.95 Å². The molecule has 1 fully saturated rings. The predicted octanol–water partition coefficient (Wildman–Crippen LogP) is 2.50. The van der Waals surface area contributed by atoms with Crippen molar-refractivity contribution >= 4 is 40.3 Å². The van der Waals surface area contributed by atoms with Crippen molar-refractivity contribution in [3.8, 4) is 0 Å². The number of aromatic nitrogens is 4. The van der Waals surface area contributed by atoms with Crippen LogP contribution in [0, 0.1) is 0 Å². The zero-order valence-corrected chi connectivity index (χ0v) is 18.5. The van der Waals surface area contributed by atoms with Gasteiger partial charge >= 0.3 is 5.69 Å². The number of fused-ring (bicyclic) bond motifs is 1. The van der Waals surface area contributed by atoms with E-state index in [9.17, 15) is 14.7 Å². The lowest BCUT2D eigenvalue weighted by molar-refractivity contribution is 0.0672. The Morgan fingerprint density at radius 2 is 1.97 bits per heavy atom. The average Bonchev–Trinajstić information content (AvgIpc) is 3.19.